The van der Waals surface area contributed by atoms with Crippen molar-refractivity contribution in [1.82, 2.24) is 6.15 Å². The van der Waals surface area contributed by atoms with Crippen LogP contribution in [0.4, 0.5) is 0 Å². The molecule has 0 aromatic carbocycles. The van der Waals surface area contributed by atoms with Crippen LogP contribution in [0.5, 0.6) is 0 Å². The zero-order chi connectivity index (χ0) is 2.71. The summed E-state index contributed by atoms with van der Waals surface area (Å²) in [4.78, 5) is 8.00. The van der Waals surface area contributed by atoms with E-state index in [9.17, 15) is 0 Å². The van der Waals surface area contributed by atoms with Crippen LogP contribution >= 0.6 is 0 Å². The van der Waals surface area contributed by atoms with Crippen molar-refractivity contribution in [2.45, 2.75) is 0 Å². The molecule has 0 spiro atoms. The van der Waals surface area contributed by atoms with E-state index >= 15 is 0 Å². The Bertz CT molecular complexity index is 15.1. The van der Waals surface area contributed by atoms with Crippen molar-refractivity contribution < 1.29 is 41.7 Å². The fourth-order valence-electron chi connectivity index (χ4n) is 0. The molecule has 0 aromatic rings. The first-order valence-electron chi connectivity index (χ1n) is 0.365. The number of nitrogens with zero attached hydrogens (tertiary/aromatic N) is 1. The molecule has 5 heteroatoms. The monoisotopic (exact) mass is 204 g/mol. The average molecular weight is 204 g/mol. The smallest absolute Gasteiger partial charge is 0.444 e. The standard InChI is InChI=1S/Ce.HNO2.H3N/c;2-1-3;/h;(H,2,3);1H3/q+3;;. The van der Waals surface area contributed by atoms with Gasteiger partial charge in [0.2, 0.25) is 0 Å². The van der Waals surface area contributed by atoms with E-state index in [0.29, 0.717) is 0 Å². The Morgan fingerprint density at radius 2 is 1.60 bits per heavy atom. The summed E-state index contributed by atoms with van der Waals surface area (Å²) in [5.41, 5.74) is 0. The molecule has 0 amide bonds. The molecule has 0 aliphatic heterocycles. The van der Waals surface area contributed by atoms with Gasteiger partial charge in [-0.1, -0.05) is 0 Å². The molecule has 4 N–H and O–H groups in total. The van der Waals surface area contributed by atoms with E-state index in [-0.39, 0.29) is 47.9 Å². The molecule has 0 atom stereocenters. The van der Waals surface area contributed by atoms with Crippen LogP contribution in [0.2, 0.25) is 0 Å². The van der Waals surface area contributed by atoms with Gasteiger partial charge in [-0.05, 0) is 0 Å². The van der Waals surface area contributed by atoms with E-state index in [1.54, 1.807) is 0 Å². The minimum absolute atomic E-state index is 0. The van der Waals surface area contributed by atoms with Crippen molar-refractivity contribution in [2.24, 2.45) is 5.34 Å². The van der Waals surface area contributed by atoms with Crippen LogP contribution in [0, 0.1) is 51.9 Å². The van der Waals surface area contributed by atoms with Crippen LogP contribution in [0.3, 0.4) is 0 Å². The van der Waals surface area contributed by atoms with Crippen LogP contribution in [0.25, 0.3) is 0 Å². The summed E-state index contributed by atoms with van der Waals surface area (Å²) in [5.74, 6) is 0. The predicted octanol–water partition coefficient (Wildman–Crippen LogP) is 0.627. The molecular weight excluding hydrogens is 200 g/mol. The van der Waals surface area contributed by atoms with Crippen molar-refractivity contribution in [3.8, 4) is 0 Å². The van der Waals surface area contributed by atoms with Gasteiger partial charge in [0.1, 0.15) is 0 Å². The zero-order valence-corrected chi connectivity index (χ0v) is 5.90. The van der Waals surface area contributed by atoms with Gasteiger partial charge in [-0.25, -0.2) is 0 Å². The molecule has 0 fully saturated rings. The summed E-state index contributed by atoms with van der Waals surface area (Å²) in [5, 5.41) is 9.00. The average Bonchev–Trinajstić information content (AvgIpc) is 0.918. The molecule has 0 aliphatic rings. The number of hydrogen-bond acceptors (Lipinski definition) is 3. The molecule has 0 aromatic heterocycles. The SMILES string of the molecule is O=N[O-].[Ce+3].[NH4+]. The Morgan fingerprint density at radius 1 is 1.60 bits per heavy atom. The molecule has 0 unspecified atom stereocenters. The molecule has 0 saturated heterocycles. The topological polar surface area (TPSA) is 89.0 Å². The van der Waals surface area contributed by atoms with E-state index < -0.39 is 0 Å². The normalized spacial score (nSPS) is 2.40. The fourth-order valence-corrected chi connectivity index (χ4v) is 0. The molecule has 4 nitrogen and oxygen atoms in total. The van der Waals surface area contributed by atoms with Gasteiger partial charge in [-0.15, -0.1) is 5.34 Å². The largest absolute Gasteiger partial charge is 3.00 e. The molecule has 0 bridgehead atoms. The molecule has 0 heterocycles. The number of quaternary nitrogens is 1. The minimum Gasteiger partial charge on any atom is -0.444 e. The summed E-state index contributed by atoms with van der Waals surface area (Å²) < 4.78 is 0. The van der Waals surface area contributed by atoms with E-state index in [1.165, 1.54) is 0 Å². The van der Waals surface area contributed by atoms with Crippen molar-refractivity contribution >= 4 is 0 Å². The van der Waals surface area contributed by atoms with Crippen LogP contribution in [0.1, 0.15) is 0 Å². The van der Waals surface area contributed by atoms with Crippen molar-refractivity contribution in [2.75, 3.05) is 0 Å². The Balaban J connectivity index is -0.0000000200. The summed E-state index contributed by atoms with van der Waals surface area (Å²) in [6.07, 6.45) is 0. The van der Waals surface area contributed by atoms with E-state index in [4.69, 9.17) is 10.1 Å². The molecular formula is H4CeN2O2+3. The van der Waals surface area contributed by atoms with Gasteiger partial charge in [0.25, 0.3) is 0 Å². The van der Waals surface area contributed by atoms with E-state index in [1.807, 2.05) is 0 Å². The van der Waals surface area contributed by atoms with Gasteiger partial charge in [0.15, 0.2) is 0 Å². The third kappa shape index (κ3) is 65.4. The Morgan fingerprint density at radius 3 is 1.60 bits per heavy atom. The second-order valence-corrected chi connectivity index (χ2v) is 0.0745. The van der Waals surface area contributed by atoms with Crippen LogP contribution in [-0.4, -0.2) is 0 Å². The third-order valence-electron chi connectivity index (χ3n) is 0. The Kier molecular flexibility index (Phi) is 75.4. The van der Waals surface area contributed by atoms with Crippen LogP contribution in [0.15, 0.2) is 5.34 Å². The summed E-state index contributed by atoms with van der Waals surface area (Å²) in [6.45, 7) is 0. The molecule has 5 heavy (non-hydrogen) atoms. The van der Waals surface area contributed by atoms with E-state index in [0.717, 1.165) is 5.34 Å². The van der Waals surface area contributed by atoms with Gasteiger partial charge < -0.3 is 16.3 Å². The first kappa shape index (κ1) is 17.2. The second kappa shape index (κ2) is 21.9. The maximum atomic E-state index is 8.00. The molecule has 0 rings (SSSR count). The van der Waals surface area contributed by atoms with Crippen LogP contribution < -0.4 is 6.15 Å². The minimum atomic E-state index is 0. The Labute approximate surface area is 62.8 Å². The van der Waals surface area contributed by atoms with Gasteiger partial charge in [0.05, 0.1) is 0 Å². The van der Waals surface area contributed by atoms with E-state index in [2.05, 4.69) is 0 Å². The van der Waals surface area contributed by atoms with Crippen molar-refractivity contribution in [1.29, 1.82) is 0 Å². The number of hydrogen-bond donors (Lipinski definition) is 1. The first-order valence-corrected chi connectivity index (χ1v) is 0.365. The van der Waals surface area contributed by atoms with Crippen molar-refractivity contribution in [3.05, 3.63) is 10.1 Å². The van der Waals surface area contributed by atoms with Crippen molar-refractivity contribution in [3.63, 3.8) is 0 Å². The maximum absolute atomic E-state index is 8.00. The van der Waals surface area contributed by atoms with Gasteiger partial charge in [0, 0.05) is 0 Å². The fraction of sp³-hybridized carbons (Fsp3) is 0. The first-order chi connectivity index (χ1) is 1.41. The summed E-state index contributed by atoms with van der Waals surface area (Å²) in [6, 6.07) is 0. The quantitative estimate of drug-likeness (QED) is 0.463. The Hall–Kier alpha value is 0.737. The molecule has 0 saturated carbocycles. The molecule has 1 radical (unpaired) electrons. The second-order valence-electron chi connectivity index (χ2n) is 0.0745. The predicted molar refractivity (Wildman–Crippen MR) is 15.1 cm³/mol. The third-order valence-corrected chi connectivity index (χ3v) is 0. The molecule has 27 valence electrons. The summed E-state index contributed by atoms with van der Waals surface area (Å²) >= 11 is 0. The van der Waals surface area contributed by atoms with Crippen LogP contribution in [-0.2, 0) is 0 Å². The molecule has 0 aliphatic carbocycles. The van der Waals surface area contributed by atoms with Gasteiger partial charge in [-0.3, -0.25) is 0 Å². The number of rotatable bonds is 0. The van der Waals surface area contributed by atoms with Gasteiger partial charge in [-0.2, -0.15) is 0 Å². The maximum Gasteiger partial charge on any atom is 3.00 e. The summed E-state index contributed by atoms with van der Waals surface area (Å²) in [7, 11) is 0. The van der Waals surface area contributed by atoms with Gasteiger partial charge >= 0.3 is 41.7 Å². The zero-order valence-electron chi connectivity index (χ0n) is 2.76.